The highest BCUT2D eigenvalue weighted by molar-refractivity contribution is 6.39. The minimum absolute atomic E-state index is 0.127. The van der Waals surface area contributed by atoms with Gasteiger partial charge in [0.15, 0.2) is 5.82 Å². The molecule has 0 bridgehead atoms. The summed E-state index contributed by atoms with van der Waals surface area (Å²) >= 11 is 12.9. The number of amides is 2. The van der Waals surface area contributed by atoms with Crippen molar-refractivity contribution < 1.29 is 23.5 Å². The fourth-order valence-corrected chi connectivity index (χ4v) is 5.07. The van der Waals surface area contributed by atoms with Gasteiger partial charge in [0.25, 0.3) is 11.8 Å². The lowest BCUT2D eigenvalue weighted by molar-refractivity contribution is -0.117. The van der Waals surface area contributed by atoms with E-state index in [1.165, 1.54) is 6.07 Å². The molecule has 1 aliphatic rings. The molecular formula is C30H25Cl2FN6O4. The first-order valence-corrected chi connectivity index (χ1v) is 13.9. The third kappa shape index (κ3) is 6.73. The molecule has 0 fully saturated rings. The van der Waals surface area contributed by atoms with Crippen molar-refractivity contribution >= 4 is 46.4 Å². The first kappa shape index (κ1) is 29.9. The molecule has 1 atom stereocenters. The number of benzodiazepines with no additional fused rings is 1. The molecule has 0 saturated heterocycles. The lowest BCUT2D eigenvalue weighted by atomic mass is 9.99. The lowest BCUT2D eigenvalue weighted by Gasteiger charge is -2.17. The molecule has 2 aromatic carbocycles. The third-order valence-corrected chi connectivity index (χ3v) is 6.72. The summed E-state index contributed by atoms with van der Waals surface area (Å²) in [6.07, 6.45) is -0.549. The van der Waals surface area contributed by atoms with Crippen LogP contribution < -0.4 is 20.1 Å². The van der Waals surface area contributed by atoms with Crippen molar-refractivity contribution in [2.45, 2.75) is 33.5 Å². The molecule has 2 amide bonds. The smallest absolute Gasteiger partial charge is 0.269 e. The number of hydrogen-bond donors (Lipinski definition) is 2. The number of nitrogens with zero attached hydrogens (tertiary/aromatic N) is 4. The van der Waals surface area contributed by atoms with Crippen LogP contribution in [0, 0.1) is 19.7 Å². The third-order valence-electron chi connectivity index (χ3n) is 6.20. The molecular weight excluding hydrogens is 598 g/mol. The second-order valence-corrected chi connectivity index (χ2v) is 10.3. The number of pyridine rings is 1. The lowest BCUT2D eigenvalue weighted by Crippen LogP contribution is -2.42. The topological polar surface area (TPSA) is 128 Å². The van der Waals surface area contributed by atoms with Crippen molar-refractivity contribution in [3.8, 4) is 11.6 Å². The molecule has 3 heterocycles. The molecule has 220 valence electrons. The summed E-state index contributed by atoms with van der Waals surface area (Å²) in [5, 5.41) is 5.91. The Morgan fingerprint density at radius 1 is 1.07 bits per heavy atom. The molecule has 0 spiro atoms. The number of carbonyl (C=O) groups is 2. The molecule has 5 rings (SSSR count). The predicted molar refractivity (Wildman–Crippen MR) is 160 cm³/mol. The zero-order valence-corrected chi connectivity index (χ0v) is 24.8. The summed E-state index contributed by atoms with van der Waals surface area (Å²) in [5.74, 6) is -1.76. The zero-order chi connectivity index (χ0) is 30.7. The van der Waals surface area contributed by atoms with E-state index in [-0.39, 0.29) is 28.8 Å². The molecule has 2 aromatic heterocycles. The summed E-state index contributed by atoms with van der Waals surface area (Å²) in [5.41, 5.74) is 2.82. The van der Waals surface area contributed by atoms with Crippen molar-refractivity contribution in [2.24, 2.45) is 4.99 Å². The number of nitrogens with one attached hydrogen (secondary N) is 2. The van der Waals surface area contributed by atoms with Crippen LogP contribution >= 0.6 is 23.2 Å². The first-order valence-electron chi connectivity index (χ1n) is 13.1. The van der Waals surface area contributed by atoms with E-state index in [0.29, 0.717) is 40.0 Å². The number of benzene rings is 2. The molecule has 0 saturated carbocycles. The van der Waals surface area contributed by atoms with E-state index in [1.807, 2.05) is 13.8 Å². The van der Waals surface area contributed by atoms with Crippen LogP contribution in [0.15, 0.2) is 59.7 Å². The number of para-hydroxylation sites is 1. The van der Waals surface area contributed by atoms with Crippen LogP contribution in [-0.2, 0) is 11.4 Å². The minimum atomic E-state index is -1.46. The largest absolute Gasteiger partial charge is 0.493 e. The number of carbonyl (C=O) groups excluding carboxylic acids is 2. The quantitative estimate of drug-likeness (QED) is 0.267. The summed E-state index contributed by atoms with van der Waals surface area (Å²) in [6.45, 7) is 5.60. The maximum Gasteiger partial charge on any atom is 0.269 e. The SMILES string of the molecule is CCOc1cc(Cl)cc(Cl)c1C1=NC(NC(=O)c2cc(F)cnc2OCc2nc(C)cc(C)n2)C(=O)Nc2ccccc21. The van der Waals surface area contributed by atoms with Crippen molar-refractivity contribution in [2.75, 3.05) is 11.9 Å². The fraction of sp³-hybridized carbons (Fsp3) is 0.200. The molecule has 1 unspecified atom stereocenters. The van der Waals surface area contributed by atoms with Gasteiger partial charge in [-0.05, 0) is 51.1 Å². The van der Waals surface area contributed by atoms with Gasteiger partial charge < -0.3 is 20.1 Å². The molecule has 1 aliphatic heterocycles. The first-order chi connectivity index (χ1) is 20.6. The van der Waals surface area contributed by atoms with Gasteiger partial charge in [0.2, 0.25) is 12.0 Å². The van der Waals surface area contributed by atoms with Gasteiger partial charge in [0.1, 0.15) is 23.7 Å². The number of aliphatic imine (C=N–C) groups is 1. The number of anilines is 1. The van der Waals surface area contributed by atoms with Crippen molar-refractivity contribution in [1.82, 2.24) is 20.3 Å². The van der Waals surface area contributed by atoms with Crippen LogP contribution in [0.3, 0.4) is 0 Å². The highest BCUT2D eigenvalue weighted by Gasteiger charge is 2.31. The molecule has 43 heavy (non-hydrogen) atoms. The number of rotatable bonds is 8. The van der Waals surface area contributed by atoms with Crippen LogP contribution in [0.4, 0.5) is 10.1 Å². The second kappa shape index (κ2) is 12.7. The number of ether oxygens (including phenoxy) is 2. The summed E-state index contributed by atoms with van der Waals surface area (Å²) < 4.78 is 25.8. The van der Waals surface area contributed by atoms with Crippen molar-refractivity contribution in [3.05, 3.63) is 104 Å². The van der Waals surface area contributed by atoms with Gasteiger partial charge >= 0.3 is 0 Å². The number of aromatic nitrogens is 3. The molecule has 0 radical (unpaired) electrons. The maximum atomic E-state index is 14.3. The highest BCUT2D eigenvalue weighted by atomic mass is 35.5. The Kier molecular flexibility index (Phi) is 8.84. The second-order valence-electron chi connectivity index (χ2n) is 9.44. The summed E-state index contributed by atoms with van der Waals surface area (Å²) in [6, 6.07) is 12.8. The Morgan fingerprint density at radius 3 is 2.56 bits per heavy atom. The zero-order valence-electron chi connectivity index (χ0n) is 23.2. The van der Waals surface area contributed by atoms with E-state index in [2.05, 4.69) is 30.6 Å². The Labute approximate surface area is 256 Å². The van der Waals surface area contributed by atoms with E-state index >= 15 is 0 Å². The van der Waals surface area contributed by atoms with Gasteiger partial charge in [0, 0.05) is 22.0 Å². The van der Waals surface area contributed by atoms with E-state index in [9.17, 15) is 14.0 Å². The van der Waals surface area contributed by atoms with Crippen LogP contribution in [0.25, 0.3) is 0 Å². The summed E-state index contributed by atoms with van der Waals surface area (Å²) in [4.78, 5) is 44.0. The molecule has 13 heteroatoms. The van der Waals surface area contributed by atoms with Crippen LogP contribution in [0.5, 0.6) is 11.6 Å². The van der Waals surface area contributed by atoms with Crippen molar-refractivity contribution in [3.63, 3.8) is 0 Å². The maximum absolute atomic E-state index is 14.3. The Morgan fingerprint density at radius 2 is 1.81 bits per heavy atom. The number of hydrogen-bond acceptors (Lipinski definition) is 8. The van der Waals surface area contributed by atoms with E-state index in [1.54, 1.807) is 43.3 Å². The van der Waals surface area contributed by atoms with E-state index < -0.39 is 23.8 Å². The highest BCUT2D eigenvalue weighted by Crippen LogP contribution is 2.36. The Hall–Kier alpha value is -4.61. The summed E-state index contributed by atoms with van der Waals surface area (Å²) in [7, 11) is 0. The average molecular weight is 623 g/mol. The van der Waals surface area contributed by atoms with Gasteiger partial charge in [-0.1, -0.05) is 41.4 Å². The number of aryl methyl sites for hydroxylation is 2. The van der Waals surface area contributed by atoms with Gasteiger partial charge in [-0.25, -0.2) is 24.3 Å². The molecule has 0 aliphatic carbocycles. The molecule has 4 aromatic rings. The van der Waals surface area contributed by atoms with Gasteiger partial charge in [-0.15, -0.1) is 0 Å². The predicted octanol–water partition coefficient (Wildman–Crippen LogP) is 5.46. The normalized spacial score (nSPS) is 14.2. The van der Waals surface area contributed by atoms with Crippen LogP contribution in [0.2, 0.25) is 10.0 Å². The number of halogens is 3. The number of fused-ring (bicyclic) bond motifs is 1. The average Bonchev–Trinajstić information content (AvgIpc) is 3.07. The van der Waals surface area contributed by atoms with Crippen LogP contribution in [-0.4, -0.2) is 45.3 Å². The van der Waals surface area contributed by atoms with Crippen LogP contribution in [0.1, 0.15) is 45.6 Å². The molecule has 2 N–H and O–H groups in total. The van der Waals surface area contributed by atoms with Gasteiger partial charge in [-0.3, -0.25) is 9.59 Å². The fourth-order valence-electron chi connectivity index (χ4n) is 4.51. The standard InChI is InChI=1S/C30H25Cl2FN6O4/c1-4-42-23-11-17(31)10-21(32)25(23)26-19-7-5-6-8-22(19)37-29(41)27(38-26)39-28(40)20-12-18(33)13-34-30(20)43-14-24-35-15(2)9-16(3)36-24/h5-13,27H,4,14H2,1-3H3,(H,37,41)(H,39,40). The van der Waals surface area contributed by atoms with Gasteiger partial charge in [0.05, 0.1) is 34.8 Å². The van der Waals surface area contributed by atoms with Gasteiger partial charge in [-0.2, -0.15) is 0 Å². The monoisotopic (exact) mass is 622 g/mol. The van der Waals surface area contributed by atoms with E-state index in [4.69, 9.17) is 32.7 Å². The minimum Gasteiger partial charge on any atom is -0.493 e. The van der Waals surface area contributed by atoms with Crippen molar-refractivity contribution in [1.29, 1.82) is 0 Å². The Balaban J connectivity index is 1.51. The van der Waals surface area contributed by atoms with E-state index in [0.717, 1.165) is 23.7 Å². The molecule has 10 nitrogen and oxygen atoms in total. The Bertz CT molecular complexity index is 1750.